The Morgan fingerprint density at radius 1 is 1.31 bits per heavy atom. The van der Waals surface area contributed by atoms with Crippen molar-refractivity contribution in [3.05, 3.63) is 36.2 Å². The molecule has 138 valence electrons. The smallest absolute Gasteiger partial charge is 0.305 e. The topological polar surface area (TPSA) is 86.1 Å². The van der Waals surface area contributed by atoms with E-state index in [1.54, 1.807) is 0 Å². The number of para-hydroxylation sites is 1. The summed E-state index contributed by atoms with van der Waals surface area (Å²) in [6.07, 6.45) is 3.14. The molecule has 1 aromatic carbocycles. The van der Waals surface area contributed by atoms with Gasteiger partial charge in [-0.2, -0.15) is 0 Å². The van der Waals surface area contributed by atoms with Crippen molar-refractivity contribution in [3.63, 3.8) is 0 Å². The number of rotatable bonds is 9. The highest BCUT2D eigenvalue weighted by Crippen LogP contribution is 2.40. The minimum Gasteiger partial charge on any atom is -0.469 e. The first-order valence-corrected chi connectivity index (χ1v) is 9.64. The number of methoxy groups -OCH3 is 1. The van der Waals surface area contributed by atoms with Gasteiger partial charge in [0.2, 0.25) is 11.1 Å². The molecule has 0 atom stereocenters. The molecule has 0 spiro atoms. The van der Waals surface area contributed by atoms with Crippen LogP contribution in [0.3, 0.4) is 0 Å². The summed E-state index contributed by atoms with van der Waals surface area (Å²) in [5, 5.41) is 7.97. The van der Waals surface area contributed by atoms with E-state index >= 15 is 0 Å². The maximum Gasteiger partial charge on any atom is 0.305 e. The molecule has 1 fully saturated rings. The van der Waals surface area contributed by atoms with Crippen LogP contribution >= 0.6 is 11.8 Å². The van der Waals surface area contributed by atoms with Crippen LogP contribution in [-0.4, -0.2) is 46.0 Å². The zero-order chi connectivity index (χ0) is 18.4. The van der Waals surface area contributed by atoms with E-state index in [1.165, 1.54) is 18.9 Å². The molecule has 3 rings (SSSR count). The van der Waals surface area contributed by atoms with E-state index in [1.807, 2.05) is 35.0 Å². The van der Waals surface area contributed by atoms with Crippen LogP contribution in [-0.2, 0) is 14.3 Å². The molecule has 7 nitrogen and oxygen atoms in total. The highest BCUT2D eigenvalue weighted by atomic mass is 32.2. The van der Waals surface area contributed by atoms with Crippen LogP contribution in [0.2, 0.25) is 0 Å². The van der Waals surface area contributed by atoms with Gasteiger partial charge in [-0.1, -0.05) is 30.0 Å². The number of amides is 1. The van der Waals surface area contributed by atoms with Crippen molar-refractivity contribution in [1.29, 1.82) is 0 Å². The van der Waals surface area contributed by atoms with E-state index in [0.29, 0.717) is 30.5 Å². The number of hydrogen-bond donors (Lipinski definition) is 1. The molecule has 1 aliphatic rings. The Morgan fingerprint density at radius 2 is 2.08 bits per heavy atom. The van der Waals surface area contributed by atoms with Crippen LogP contribution in [0.4, 0.5) is 0 Å². The van der Waals surface area contributed by atoms with E-state index in [4.69, 9.17) is 0 Å². The number of aromatic nitrogens is 3. The number of carbonyl (C=O) groups excluding carboxylic acids is 2. The first kappa shape index (κ1) is 18.4. The molecule has 26 heavy (non-hydrogen) atoms. The third-order valence-corrected chi connectivity index (χ3v) is 4.83. The molecule has 1 aliphatic carbocycles. The van der Waals surface area contributed by atoms with Gasteiger partial charge >= 0.3 is 5.97 Å². The summed E-state index contributed by atoms with van der Waals surface area (Å²) in [6, 6.07) is 9.92. The summed E-state index contributed by atoms with van der Waals surface area (Å²) in [7, 11) is 1.36. The van der Waals surface area contributed by atoms with Gasteiger partial charge in [0.15, 0.2) is 0 Å². The van der Waals surface area contributed by atoms with Crippen molar-refractivity contribution in [2.45, 2.75) is 36.8 Å². The predicted octanol–water partition coefficient (Wildman–Crippen LogP) is 2.31. The quantitative estimate of drug-likeness (QED) is 0.412. The average molecular weight is 374 g/mol. The monoisotopic (exact) mass is 374 g/mol. The summed E-state index contributed by atoms with van der Waals surface area (Å²) < 4.78 is 6.45. The average Bonchev–Trinajstić information content (AvgIpc) is 3.43. The van der Waals surface area contributed by atoms with Gasteiger partial charge in [0, 0.05) is 18.9 Å². The number of benzene rings is 1. The van der Waals surface area contributed by atoms with Gasteiger partial charge in [0.1, 0.15) is 5.82 Å². The molecule has 1 aromatic heterocycles. The van der Waals surface area contributed by atoms with E-state index in [0.717, 1.165) is 24.4 Å². The van der Waals surface area contributed by atoms with Crippen LogP contribution in [0, 0.1) is 0 Å². The molecule has 1 amide bonds. The number of carbonyl (C=O) groups is 2. The third kappa shape index (κ3) is 5.08. The first-order valence-electron chi connectivity index (χ1n) is 8.66. The number of nitrogens with one attached hydrogen (secondary N) is 1. The SMILES string of the molecule is COC(=O)CCCNC(=O)CSc1nc(C2CC2)n(-c2ccccc2)n1. The Morgan fingerprint density at radius 3 is 2.77 bits per heavy atom. The van der Waals surface area contributed by atoms with E-state index in [2.05, 4.69) is 20.1 Å². The van der Waals surface area contributed by atoms with Gasteiger partial charge in [-0.15, -0.1) is 5.10 Å². The lowest BCUT2D eigenvalue weighted by Crippen LogP contribution is -2.26. The number of esters is 1. The molecule has 0 aliphatic heterocycles. The van der Waals surface area contributed by atoms with E-state index in [-0.39, 0.29) is 17.6 Å². The summed E-state index contributed by atoms with van der Waals surface area (Å²) in [5.41, 5.74) is 0.987. The third-order valence-electron chi connectivity index (χ3n) is 4.00. The van der Waals surface area contributed by atoms with Crippen molar-refractivity contribution in [2.75, 3.05) is 19.4 Å². The van der Waals surface area contributed by atoms with Gasteiger partial charge in [-0.05, 0) is 31.4 Å². The Balaban J connectivity index is 1.52. The standard InChI is InChI=1S/C18H22N4O3S/c1-25-16(24)8-5-11-19-15(23)12-26-18-20-17(13-9-10-13)22(21-18)14-6-3-2-4-7-14/h2-4,6-7,13H,5,8-12H2,1H3,(H,19,23). The number of ether oxygens (including phenoxy) is 1. The summed E-state index contributed by atoms with van der Waals surface area (Å²) in [4.78, 5) is 27.6. The van der Waals surface area contributed by atoms with Gasteiger partial charge in [0.25, 0.3) is 0 Å². The lowest BCUT2D eigenvalue weighted by Gasteiger charge is -2.04. The largest absolute Gasteiger partial charge is 0.469 e. The second-order valence-corrected chi connectivity index (χ2v) is 7.04. The number of thioether (sulfide) groups is 1. The van der Waals surface area contributed by atoms with Crippen LogP contribution in [0.5, 0.6) is 0 Å². The highest BCUT2D eigenvalue weighted by Gasteiger charge is 2.30. The highest BCUT2D eigenvalue weighted by molar-refractivity contribution is 7.99. The Kier molecular flexibility index (Phi) is 6.27. The summed E-state index contributed by atoms with van der Waals surface area (Å²) >= 11 is 1.33. The summed E-state index contributed by atoms with van der Waals surface area (Å²) in [6.45, 7) is 0.452. The molecular weight excluding hydrogens is 352 g/mol. The Bertz CT molecular complexity index is 759. The molecule has 1 saturated carbocycles. The zero-order valence-electron chi connectivity index (χ0n) is 14.7. The maximum absolute atomic E-state index is 11.9. The molecule has 0 radical (unpaired) electrons. The van der Waals surface area contributed by atoms with Crippen molar-refractivity contribution in [2.24, 2.45) is 0 Å². The van der Waals surface area contributed by atoms with Crippen LogP contribution in [0.15, 0.2) is 35.5 Å². The van der Waals surface area contributed by atoms with Gasteiger partial charge < -0.3 is 10.1 Å². The summed E-state index contributed by atoms with van der Waals surface area (Å²) in [5.74, 6) is 1.32. The van der Waals surface area contributed by atoms with Crippen LogP contribution < -0.4 is 5.32 Å². The number of nitrogens with zero attached hydrogens (tertiary/aromatic N) is 3. The van der Waals surface area contributed by atoms with Gasteiger partial charge in [0.05, 0.1) is 18.6 Å². The normalized spacial score (nSPS) is 13.4. The molecule has 0 saturated heterocycles. The van der Waals surface area contributed by atoms with E-state index < -0.39 is 0 Å². The lowest BCUT2D eigenvalue weighted by atomic mass is 10.3. The Labute approximate surface area is 156 Å². The lowest BCUT2D eigenvalue weighted by molar-refractivity contribution is -0.140. The maximum atomic E-state index is 11.9. The second-order valence-electron chi connectivity index (χ2n) is 6.09. The van der Waals surface area contributed by atoms with Crippen molar-refractivity contribution < 1.29 is 14.3 Å². The molecule has 1 heterocycles. The van der Waals surface area contributed by atoms with Crippen LogP contribution in [0.25, 0.3) is 5.69 Å². The number of hydrogen-bond acceptors (Lipinski definition) is 6. The predicted molar refractivity (Wildman–Crippen MR) is 98.3 cm³/mol. The molecular formula is C18H22N4O3S. The second kappa shape index (κ2) is 8.84. The zero-order valence-corrected chi connectivity index (χ0v) is 15.5. The van der Waals surface area contributed by atoms with Crippen molar-refractivity contribution in [3.8, 4) is 5.69 Å². The minimum atomic E-state index is -0.267. The molecule has 0 unspecified atom stereocenters. The van der Waals surface area contributed by atoms with Gasteiger partial charge in [-0.25, -0.2) is 9.67 Å². The van der Waals surface area contributed by atoms with Crippen molar-refractivity contribution >= 4 is 23.6 Å². The van der Waals surface area contributed by atoms with Crippen LogP contribution in [0.1, 0.15) is 37.4 Å². The van der Waals surface area contributed by atoms with Crippen molar-refractivity contribution in [1.82, 2.24) is 20.1 Å². The Hall–Kier alpha value is -2.35. The van der Waals surface area contributed by atoms with Gasteiger partial charge in [-0.3, -0.25) is 9.59 Å². The minimum absolute atomic E-state index is 0.0936. The fourth-order valence-electron chi connectivity index (χ4n) is 2.47. The molecule has 1 N–H and O–H groups in total. The first-order chi connectivity index (χ1) is 12.7. The molecule has 8 heteroatoms. The fourth-order valence-corrected chi connectivity index (χ4v) is 3.13. The fraction of sp³-hybridized carbons (Fsp3) is 0.444. The van der Waals surface area contributed by atoms with E-state index in [9.17, 15) is 9.59 Å². The molecule has 2 aromatic rings. The molecule has 0 bridgehead atoms.